The first kappa shape index (κ1) is 16.4. The van der Waals surface area contributed by atoms with E-state index in [9.17, 15) is 0 Å². The van der Waals surface area contributed by atoms with Gasteiger partial charge >= 0.3 is 0 Å². The molecule has 1 aromatic carbocycles. The highest BCUT2D eigenvalue weighted by Crippen LogP contribution is 2.44. The Balaban J connectivity index is 1.62. The Kier molecular flexibility index (Phi) is 4.41. The maximum Gasteiger partial charge on any atom is 0.205 e. The van der Waals surface area contributed by atoms with Gasteiger partial charge in [-0.1, -0.05) is 0 Å². The molecule has 0 saturated heterocycles. The van der Waals surface area contributed by atoms with Crippen LogP contribution in [0, 0.1) is 0 Å². The van der Waals surface area contributed by atoms with E-state index in [2.05, 4.69) is 15.3 Å². The molecule has 1 aliphatic carbocycles. The number of anilines is 1. The van der Waals surface area contributed by atoms with Crippen molar-refractivity contribution in [2.75, 3.05) is 39.3 Å². The van der Waals surface area contributed by atoms with Crippen molar-refractivity contribution in [3.8, 4) is 17.2 Å². The number of fused-ring (bicyclic) bond motifs is 1. The van der Waals surface area contributed by atoms with Gasteiger partial charge in [0.25, 0.3) is 0 Å². The van der Waals surface area contributed by atoms with Crippen LogP contribution in [0.15, 0.2) is 6.07 Å². The molecule has 4 rings (SSSR count). The van der Waals surface area contributed by atoms with Crippen molar-refractivity contribution < 1.29 is 14.2 Å². The lowest BCUT2D eigenvalue weighted by molar-refractivity contribution is 0.321. The molecule has 0 bridgehead atoms. The van der Waals surface area contributed by atoms with Crippen LogP contribution in [0.3, 0.4) is 0 Å². The van der Waals surface area contributed by atoms with Crippen LogP contribution in [0.25, 0.3) is 0 Å². The van der Waals surface area contributed by atoms with Gasteiger partial charge in [-0.25, -0.2) is 4.98 Å². The molecule has 0 atom stereocenters. The van der Waals surface area contributed by atoms with E-state index >= 15 is 0 Å². The Morgan fingerprint density at radius 2 is 1.80 bits per heavy atom. The number of hydrogen-bond acceptors (Lipinski definition) is 7. The molecule has 2 heterocycles. The molecule has 25 heavy (non-hydrogen) atoms. The van der Waals surface area contributed by atoms with Crippen molar-refractivity contribution in [2.24, 2.45) is 0 Å². The smallest absolute Gasteiger partial charge is 0.205 e. The van der Waals surface area contributed by atoms with Gasteiger partial charge in [-0.3, -0.25) is 0 Å². The highest BCUT2D eigenvalue weighted by molar-refractivity contribution is 7.09. The van der Waals surface area contributed by atoms with Crippen LogP contribution in [0.5, 0.6) is 17.2 Å². The van der Waals surface area contributed by atoms with Gasteiger partial charge in [0.15, 0.2) is 11.5 Å². The predicted octanol–water partition coefficient (Wildman–Crippen LogP) is 3.05. The molecule has 7 heteroatoms. The van der Waals surface area contributed by atoms with Crippen molar-refractivity contribution in [1.29, 1.82) is 0 Å². The molecule has 1 aromatic heterocycles. The van der Waals surface area contributed by atoms with Crippen LogP contribution < -0.4 is 19.1 Å². The topological polar surface area (TPSA) is 56.7 Å². The fourth-order valence-electron chi connectivity index (χ4n) is 3.43. The standard InChI is InChI=1S/C18H23N3O3S/c1-22-14-10-12-6-8-21(18-19-17(20-25-18)11-4-5-11)9-7-13(12)15(23-2)16(14)24-3/h10-11H,4-9H2,1-3H3. The lowest BCUT2D eigenvalue weighted by atomic mass is 10.0. The van der Waals surface area contributed by atoms with Crippen LogP contribution >= 0.6 is 11.5 Å². The SMILES string of the molecule is COc1cc2c(c(OC)c1OC)CCN(c1nc(C3CC3)ns1)CC2. The average Bonchev–Trinajstić information content (AvgIpc) is 3.42. The molecule has 2 aromatic rings. The zero-order valence-electron chi connectivity index (χ0n) is 14.9. The quantitative estimate of drug-likeness (QED) is 0.816. The van der Waals surface area contributed by atoms with Gasteiger partial charge in [0.05, 0.1) is 21.3 Å². The lowest BCUT2D eigenvalue weighted by Gasteiger charge is -2.18. The summed E-state index contributed by atoms with van der Waals surface area (Å²) in [6.07, 6.45) is 4.28. The Labute approximate surface area is 151 Å². The first-order valence-electron chi connectivity index (χ1n) is 8.64. The van der Waals surface area contributed by atoms with Gasteiger partial charge in [-0.05, 0) is 37.3 Å². The van der Waals surface area contributed by atoms with Gasteiger partial charge in [-0.2, -0.15) is 4.37 Å². The normalized spacial score (nSPS) is 17.0. The van der Waals surface area contributed by atoms with E-state index in [1.165, 1.54) is 35.5 Å². The second kappa shape index (κ2) is 6.71. The highest BCUT2D eigenvalue weighted by Gasteiger charge is 2.29. The zero-order valence-corrected chi connectivity index (χ0v) is 15.7. The van der Waals surface area contributed by atoms with Crippen LogP contribution in [-0.2, 0) is 12.8 Å². The summed E-state index contributed by atoms with van der Waals surface area (Å²) in [6, 6.07) is 2.08. The fraction of sp³-hybridized carbons (Fsp3) is 0.556. The summed E-state index contributed by atoms with van der Waals surface area (Å²) < 4.78 is 21.2. The zero-order chi connectivity index (χ0) is 17.4. The van der Waals surface area contributed by atoms with E-state index in [0.717, 1.165) is 48.4 Å². The van der Waals surface area contributed by atoms with Crippen molar-refractivity contribution in [2.45, 2.75) is 31.6 Å². The highest BCUT2D eigenvalue weighted by atomic mass is 32.1. The summed E-state index contributed by atoms with van der Waals surface area (Å²) in [6.45, 7) is 1.82. The molecule has 1 fully saturated rings. The Morgan fingerprint density at radius 1 is 1.04 bits per heavy atom. The largest absolute Gasteiger partial charge is 0.493 e. The molecule has 0 radical (unpaired) electrons. The van der Waals surface area contributed by atoms with E-state index in [1.807, 2.05) is 0 Å². The molecule has 0 N–H and O–H groups in total. The predicted molar refractivity (Wildman–Crippen MR) is 97.6 cm³/mol. The van der Waals surface area contributed by atoms with Gasteiger partial charge < -0.3 is 19.1 Å². The molecule has 134 valence electrons. The van der Waals surface area contributed by atoms with Crippen LogP contribution in [0.2, 0.25) is 0 Å². The van der Waals surface area contributed by atoms with Crippen LogP contribution in [-0.4, -0.2) is 43.8 Å². The van der Waals surface area contributed by atoms with Gasteiger partial charge in [-0.15, -0.1) is 0 Å². The molecular formula is C18H23N3O3S. The minimum Gasteiger partial charge on any atom is -0.493 e. The second-order valence-corrected chi connectivity index (χ2v) is 7.21. The first-order chi connectivity index (χ1) is 12.2. The maximum atomic E-state index is 5.67. The Morgan fingerprint density at radius 3 is 2.48 bits per heavy atom. The first-order valence-corrected chi connectivity index (χ1v) is 9.41. The lowest BCUT2D eigenvalue weighted by Crippen LogP contribution is -2.25. The summed E-state index contributed by atoms with van der Waals surface area (Å²) in [7, 11) is 5.00. The molecule has 1 saturated carbocycles. The average molecular weight is 361 g/mol. The van der Waals surface area contributed by atoms with E-state index in [4.69, 9.17) is 19.2 Å². The summed E-state index contributed by atoms with van der Waals surface area (Å²) in [5.74, 6) is 3.81. The third-order valence-electron chi connectivity index (χ3n) is 4.95. The Hall–Kier alpha value is -2.02. The summed E-state index contributed by atoms with van der Waals surface area (Å²) >= 11 is 1.52. The maximum absolute atomic E-state index is 5.67. The minimum atomic E-state index is 0.600. The van der Waals surface area contributed by atoms with Crippen molar-refractivity contribution in [3.05, 3.63) is 23.0 Å². The molecular weight excluding hydrogens is 338 g/mol. The second-order valence-electron chi connectivity index (χ2n) is 6.48. The molecule has 0 spiro atoms. The van der Waals surface area contributed by atoms with E-state index in [0.29, 0.717) is 11.7 Å². The monoisotopic (exact) mass is 361 g/mol. The summed E-state index contributed by atoms with van der Waals surface area (Å²) in [5.41, 5.74) is 2.46. The number of aromatic nitrogens is 2. The third kappa shape index (κ3) is 3.01. The van der Waals surface area contributed by atoms with E-state index < -0.39 is 0 Å². The van der Waals surface area contributed by atoms with Gasteiger partial charge in [0.2, 0.25) is 10.9 Å². The number of benzene rings is 1. The van der Waals surface area contributed by atoms with Crippen molar-refractivity contribution in [3.63, 3.8) is 0 Å². The molecule has 0 amide bonds. The van der Waals surface area contributed by atoms with Gasteiger partial charge in [0, 0.05) is 36.1 Å². The Bertz CT molecular complexity index is 773. The number of methoxy groups -OCH3 is 3. The van der Waals surface area contributed by atoms with Crippen molar-refractivity contribution >= 4 is 16.7 Å². The summed E-state index contributed by atoms with van der Waals surface area (Å²) in [4.78, 5) is 7.10. The number of ether oxygens (including phenoxy) is 3. The van der Waals surface area contributed by atoms with Gasteiger partial charge in [0.1, 0.15) is 5.82 Å². The molecule has 1 aliphatic heterocycles. The molecule has 2 aliphatic rings. The molecule has 0 unspecified atom stereocenters. The van der Waals surface area contributed by atoms with Crippen LogP contribution in [0.4, 0.5) is 5.13 Å². The number of hydrogen-bond donors (Lipinski definition) is 0. The van der Waals surface area contributed by atoms with Crippen LogP contribution in [0.1, 0.15) is 35.7 Å². The summed E-state index contributed by atoms with van der Waals surface area (Å²) in [5, 5.41) is 1.03. The third-order valence-corrected chi connectivity index (χ3v) is 5.74. The van der Waals surface area contributed by atoms with E-state index in [1.54, 1.807) is 21.3 Å². The van der Waals surface area contributed by atoms with E-state index in [-0.39, 0.29) is 0 Å². The minimum absolute atomic E-state index is 0.600. The number of rotatable bonds is 5. The van der Waals surface area contributed by atoms with Crippen molar-refractivity contribution in [1.82, 2.24) is 9.36 Å². The fourth-order valence-corrected chi connectivity index (χ4v) is 4.23. The number of nitrogens with zero attached hydrogens (tertiary/aromatic N) is 3. The molecule has 6 nitrogen and oxygen atoms in total.